The summed E-state index contributed by atoms with van der Waals surface area (Å²) in [4.78, 5) is 19.2. The van der Waals surface area contributed by atoms with Gasteiger partial charge in [0.05, 0.1) is 0 Å². The first-order valence-corrected chi connectivity index (χ1v) is 5.53. The van der Waals surface area contributed by atoms with Gasteiger partial charge in [-0.3, -0.25) is 4.89 Å². The molecule has 0 bridgehead atoms. The predicted octanol–water partition coefficient (Wildman–Crippen LogP) is 0.926. The maximum absolute atomic E-state index is 10.6. The highest BCUT2D eigenvalue weighted by atomic mass is 35.7. The van der Waals surface area contributed by atoms with E-state index in [2.05, 4.69) is 20.5 Å². The largest absolute Gasteiger partial charge is 0.453 e. The highest BCUT2D eigenvalue weighted by molar-refractivity contribution is 8.12. The molecule has 1 amide bonds. The molecule has 0 atom stereocenters. The smallest absolute Gasteiger partial charge is 0.274 e. The number of nitrogens with one attached hydrogen (secondary N) is 1. The molecular weight excluding hydrogens is 222 g/mol. The van der Waals surface area contributed by atoms with E-state index in [1.807, 2.05) is 0 Å². The van der Waals surface area contributed by atoms with Crippen LogP contribution >= 0.6 is 10.7 Å². The third-order valence-corrected chi connectivity index (χ3v) is 1.21. The van der Waals surface area contributed by atoms with Gasteiger partial charge in [0.25, 0.3) is 0 Å². The fraction of sp³-hybridized carbons (Fsp3) is 0.800. The minimum Gasteiger partial charge on any atom is -0.274 e. The molecule has 6 nitrogen and oxygen atoms in total. The van der Waals surface area contributed by atoms with Crippen molar-refractivity contribution in [2.75, 3.05) is 0 Å². The van der Waals surface area contributed by atoms with Gasteiger partial charge in [-0.2, -0.15) is 13.3 Å². The molecule has 0 spiro atoms. The minimum absolute atomic E-state index is 0.715. The van der Waals surface area contributed by atoms with Gasteiger partial charge >= 0.3 is 15.3 Å². The van der Waals surface area contributed by atoms with Crippen LogP contribution in [0.2, 0.25) is 0 Å². The van der Waals surface area contributed by atoms with Crippen LogP contribution in [0.1, 0.15) is 20.8 Å². The lowest BCUT2D eigenvalue weighted by atomic mass is 10.2. The van der Waals surface area contributed by atoms with Crippen molar-refractivity contribution in [3.05, 3.63) is 0 Å². The highest BCUT2D eigenvalue weighted by Crippen LogP contribution is 2.07. The molecule has 0 aromatic heterocycles. The Labute approximate surface area is 80.6 Å². The molecule has 0 radical (unpaired) electrons. The second-order valence-electron chi connectivity index (χ2n) is 3.11. The van der Waals surface area contributed by atoms with E-state index < -0.39 is 20.9 Å². The summed E-state index contributed by atoms with van der Waals surface area (Å²) in [7, 11) is 0.559. The van der Waals surface area contributed by atoms with Crippen LogP contribution in [0.25, 0.3) is 0 Å². The van der Waals surface area contributed by atoms with Crippen LogP contribution < -0.4 is 4.72 Å². The van der Waals surface area contributed by atoms with E-state index in [1.165, 1.54) is 4.72 Å². The molecule has 0 aromatic carbocycles. The molecule has 8 heteroatoms. The third-order valence-electron chi connectivity index (χ3n) is 0.573. The van der Waals surface area contributed by atoms with E-state index in [-0.39, 0.29) is 0 Å². The molecule has 0 rings (SSSR count). The number of hydrogen-bond donors (Lipinski definition) is 1. The second kappa shape index (κ2) is 4.12. The first kappa shape index (κ1) is 12.5. The Morgan fingerprint density at radius 3 is 2.15 bits per heavy atom. The van der Waals surface area contributed by atoms with Gasteiger partial charge in [-0.25, -0.2) is 9.52 Å². The number of amides is 1. The molecular formula is C5H10ClNO5S. The molecule has 0 fully saturated rings. The number of halogens is 1. The van der Waals surface area contributed by atoms with Crippen LogP contribution in [-0.2, 0) is 19.0 Å². The quantitative estimate of drug-likeness (QED) is 0.434. The van der Waals surface area contributed by atoms with Gasteiger partial charge in [-0.05, 0) is 20.8 Å². The van der Waals surface area contributed by atoms with Crippen molar-refractivity contribution in [1.29, 1.82) is 0 Å². The van der Waals surface area contributed by atoms with E-state index in [4.69, 9.17) is 0 Å². The van der Waals surface area contributed by atoms with Crippen LogP contribution in [0.3, 0.4) is 0 Å². The van der Waals surface area contributed by atoms with Crippen molar-refractivity contribution < 1.29 is 23.0 Å². The van der Waals surface area contributed by atoms with Crippen molar-refractivity contribution in [2.24, 2.45) is 0 Å². The van der Waals surface area contributed by atoms with Gasteiger partial charge in [-0.1, -0.05) is 0 Å². The Bertz CT molecular complexity index is 280. The fourth-order valence-electron chi connectivity index (χ4n) is 0.279. The van der Waals surface area contributed by atoms with E-state index in [0.717, 1.165) is 0 Å². The second-order valence-corrected chi connectivity index (χ2v) is 5.41. The first-order chi connectivity index (χ1) is 5.60. The summed E-state index contributed by atoms with van der Waals surface area (Å²) < 4.78 is 21.9. The van der Waals surface area contributed by atoms with Gasteiger partial charge in [0.2, 0.25) is 0 Å². The van der Waals surface area contributed by atoms with Crippen LogP contribution in [-0.4, -0.2) is 20.1 Å². The predicted molar refractivity (Wildman–Crippen MR) is 45.2 cm³/mol. The van der Waals surface area contributed by atoms with Crippen molar-refractivity contribution in [1.82, 2.24) is 4.72 Å². The van der Waals surface area contributed by atoms with E-state index >= 15 is 0 Å². The Balaban J connectivity index is 3.92. The number of carbonyl (C=O) groups is 1. The summed E-state index contributed by atoms with van der Waals surface area (Å²) in [6.45, 7) is 4.86. The molecule has 0 saturated carbocycles. The van der Waals surface area contributed by atoms with E-state index in [9.17, 15) is 13.2 Å². The average molecular weight is 232 g/mol. The lowest BCUT2D eigenvalue weighted by Gasteiger charge is -2.15. The zero-order valence-electron chi connectivity index (χ0n) is 7.33. The molecule has 0 aliphatic heterocycles. The van der Waals surface area contributed by atoms with Crippen LogP contribution in [0.4, 0.5) is 4.79 Å². The summed E-state index contributed by atoms with van der Waals surface area (Å²) in [5.74, 6) is 0. The number of rotatable bonds is 2. The monoisotopic (exact) mass is 231 g/mol. The number of hydrogen-bond acceptors (Lipinski definition) is 5. The van der Waals surface area contributed by atoms with Gasteiger partial charge in [0, 0.05) is 10.7 Å². The average Bonchev–Trinajstić information content (AvgIpc) is 1.78. The van der Waals surface area contributed by atoms with Gasteiger partial charge in [0.1, 0.15) is 5.60 Å². The van der Waals surface area contributed by atoms with Crippen molar-refractivity contribution >= 4 is 26.0 Å². The fourth-order valence-corrected chi connectivity index (χ4v) is 0.701. The Morgan fingerprint density at radius 2 is 1.85 bits per heavy atom. The normalized spacial score (nSPS) is 12.3. The minimum atomic E-state index is -4.12. The first-order valence-electron chi connectivity index (χ1n) is 3.22. The molecule has 13 heavy (non-hydrogen) atoms. The molecule has 0 aliphatic rings. The van der Waals surface area contributed by atoms with E-state index in [1.54, 1.807) is 20.8 Å². The molecule has 1 N–H and O–H groups in total. The SMILES string of the molecule is CC(C)(C)OOC(=O)NS(=O)(=O)Cl. The topological polar surface area (TPSA) is 81.7 Å². The molecule has 0 aliphatic carbocycles. The van der Waals surface area contributed by atoms with Gasteiger partial charge in [-0.15, -0.1) is 0 Å². The molecule has 0 heterocycles. The molecule has 78 valence electrons. The maximum atomic E-state index is 10.6. The Morgan fingerprint density at radius 1 is 1.38 bits per heavy atom. The molecule has 0 unspecified atom stereocenters. The molecule has 0 aromatic rings. The van der Waals surface area contributed by atoms with Crippen LogP contribution in [0, 0.1) is 0 Å². The summed E-state index contributed by atoms with van der Waals surface area (Å²) >= 11 is 0. The van der Waals surface area contributed by atoms with Gasteiger partial charge in [0.15, 0.2) is 0 Å². The lowest BCUT2D eigenvalue weighted by molar-refractivity contribution is -0.299. The third kappa shape index (κ3) is 9.38. The number of carbonyl (C=O) groups excluding carboxylic acids is 1. The zero-order chi connectivity index (χ0) is 10.7. The maximum Gasteiger partial charge on any atom is 0.453 e. The van der Waals surface area contributed by atoms with Gasteiger partial charge < -0.3 is 0 Å². The zero-order valence-corrected chi connectivity index (χ0v) is 8.90. The van der Waals surface area contributed by atoms with Crippen LogP contribution in [0.5, 0.6) is 0 Å². The summed E-state index contributed by atoms with van der Waals surface area (Å²) in [6.07, 6.45) is -1.29. The van der Waals surface area contributed by atoms with E-state index in [0.29, 0.717) is 0 Å². The summed E-state index contributed by atoms with van der Waals surface area (Å²) in [5.41, 5.74) is -0.715. The van der Waals surface area contributed by atoms with Crippen molar-refractivity contribution in [3.8, 4) is 0 Å². The Hall–Kier alpha value is -0.530. The highest BCUT2D eigenvalue weighted by Gasteiger charge is 2.18. The Kier molecular flexibility index (Phi) is 3.95. The standard InChI is InChI=1S/C5H10ClNO5S/c1-5(2,3)12-11-4(8)7-13(6,9)10/h1-3H3,(H,7,8). The van der Waals surface area contributed by atoms with Crippen molar-refractivity contribution in [3.63, 3.8) is 0 Å². The van der Waals surface area contributed by atoms with Crippen molar-refractivity contribution in [2.45, 2.75) is 26.4 Å². The van der Waals surface area contributed by atoms with Crippen LogP contribution in [0.15, 0.2) is 0 Å². The summed E-state index contributed by atoms with van der Waals surface area (Å²) in [5, 5.41) is 0. The lowest BCUT2D eigenvalue weighted by Crippen LogP contribution is -2.31. The summed E-state index contributed by atoms with van der Waals surface area (Å²) in [6, 6.07) is 0. The molecule has 0 saturated heterocycles.